The van der Waals surface area contributed by atoms with E-state index >= 15 is 0 Å². The standard InChI is InChI=1S/C23H30N4O2S/c1-24-23(25-12-14-30-21-10-3-2-4-11-21)27-16-18-7-5-8-19(15-18)22(28)26-17-20-9-6-13-29-20/h2-5,7-8,10-11,15,20H,6,9,12-14,16-17H2,1H3,(H,26,28)(H2,24,25,27). The van der Waals surface area contributed by atoms with E-state index in [9.17, 15) is 4.79 Å². The van der Waals surface area contributed by atoms with Gasteiger partial charge in [-0.3, -0.25) is 9.79 Å². The lowest BCUT2D eigenvalue weighted by Gasteiger charge is -2.13. The first-order valence-corrected chi connectivity index (χ1v) is 11.3. The summed E-state index contributed by atoms with van der Waals surface area (Å²) >= 11 is 1.81. The molecule has 0 bridgehead atoms. The summed E-state index contributed by atoms with van der Waals surface area (Å²) in [6.45, 7) is 2.77. The Morgan fingerprint density at radius 2 is 2.00 bits per heavy atom. The molecular weight excluding hydrogens is 396 g/mol. The second-order valence-corrected chi connectivity index (χ2v) is 8.23. The van der Waals surface area contributed by atoms with Crippen molar-refractivity contribution < 1.29 is 9.53 Å². The minimum Gasteiger partial charge on any atom is -0.376 e. The molecule has 7 heteroatoms. The van der Waals surface area contributed by atoms with E-state index in [1.54, 1.807) is 7.05 Å². The van der Waals surface area contributed by atoms with Crippen LogP contribution in [0.1, 0.15) is 28.8 Å². The van der Waals surface area contributed by atoms with Crippen LogP contribution < -0.4 is 16.0 Å². The van der Waals surface area contributed by atoms with E-state index in [1.165, 1.54) is 4.90 Å². The van der Waals surface area contributed by atoms with Crippen LogP contribution >= 0.6 is 11.8 Å². The summed E-state index contributed by atoms with van der Waals surface area (Å²) in [4.78, 5) is 17.9. The van der Waals surface area contributed by atoms with Gasteiger partial charge in [-0.05, 0) is 42.7 Å². The van der Waals surface area contributed by atoms with Crippen molar-refractivity contribution in [2.45, 2.75) is 30.4 Å². The van der Waals surface area contributed by atoms with Crippen LogP contribution in [0, 0.1) is 0 Å². The lowest BCUT2D eigenvalue weighted by Crippen LogP contribution is -2.38. The molecule has 0 spiro atoms. The van der Waals surface area contributed by atoms with E-state index in [1.807, 2.05) is 54.2 Å². The van der Waals surface area contributed by atoms with Crippen LogP contribution in [0.15, 0.2) is 64.5 Å². The van der Waals surface area contributed by atoms with Crippen molar-refractivity contribution in [1.82, 2.24) is 16.0 Å². The normalized spacial score (nSPS) is 16.3. The number of carbonyl (C=O) groups is 1. The van der Waals surface area contributed by atoms with Crippen molar-refractivity contribution >= 4 is 23.6 Å². The molecule has 1 saturated heterocycles. The van der Waals surface area contributed by atoms with Crippen molar-refractivity contribution in [3.63, 3.8) is 0 Å². The molecule has 1 amide bonds. The lowest BCUT2D eigenvalue weighted by molar-refractivity contribution is 0.0857. The molecule has 6 nitrogen and oxygen atoms in total. The van der Waals surface area contributed by atoms with Crippen LogP contribution in [0.3, 0.4) is 0 Å². The largest absolute Gasteiger partial charge is 0.376 e. The van der Waals surface area contributed by atoms with Gasteiger partial charge in [0.25, 0.3) is 5.91 Å². The highest BCUT2D eigenvalue weighted by Gasteiger charge is 2.16. The molecule has 0 saturated carbocycles. The maximum Gasteiger partial charge on any atom is 0.251 e. The summed E-state index contributed by atoms with van der Waals surface area (Å²) in [6, 6.07) is 18.0. The number of ether oxygens (including phenoxy) is 1. The Labute approximate surface area is 182 Å². The molecule has 30 heavy (non-hydrogen) atoms. The smallest absolute Gasteiger partial charge is 0.251 e. The van der Waals surface area contributed by atoms with Crippen LogP contribution in [-0.4, -0.2) is 50.5 Å². The third-order valence-electron chi connectivity index (χ3n) is 4.79. The van der Waals surface area contributed by atoms with E-state index < -0.39 is 0 Å². The number of nitrogens with zero attached hydrogens (tertiary/aromatic N) is 1. The summed E-state index contributed by atoms with van der Waals surface area (Å²) in [6.07, 6.45) is 2.23. The average molecular weight is 427 g/mol. The molecule has 3 N–H and O–H groups in total. The SMILES string of the molecule is CN=C(NCCSc1ccccc1)NCc1cccc(C(=O)NCC2CCCO2)c1. The van der Waals surface area contributed by atoms with Gasteiger partial charge in [-0.15, -0.1) is 11.8 Å². The van der Waals surface area contributed by atoms with Crippen molar-refractivity contribution in [1.29, 1.82) is 0 Å². The highest BCUT2D eigenvalue weighted by Crippen LogP contribution is 2.15. The fraction of sp³-hybridized carbons (Fsp3) is 0.391. The lowest BCUT2D eigenvalue weighted by atomic mass is 10.1. The van der Waals surface area contributed by atoms with Crippen molar-refractivity contribution in [3.05, 3.63) is 65.7 Å². The summed E-state index contributed by atoms with van der Waals surface area (Å²) in [7, 11) is 1.76. The molecule has 2 aromatic rings. The number of hydrogen-bond acceptors (Lipinski definition) is 4. The van der Waals surface area contributed by atoms with Gasteiger partial charge >= 0.3 is 0 Å². The maximum atomic E-state index is 12.4. The van der Waals surface area contributed by atoms with Crippen molar-refractivity contribution in [3.8, 4) is 0 Å². The van der Waals surface area contributed by atoms with Crippen molar-refractivity contribution in [2.75, 3.05) is 32.5 Å². The van der Waals surface area contributed by atoms with Crippen LogP contribution in [0.2, 0.25) is 0 Å². The molecule has 1 aliphatic rings. The monoisotopic (exact) mass is 426 g/mol. The van der Waals surface area contributed by atoms with Crippen LogP contribution in [-0.2, 0) is 11.3 Å². The van der Waals surface area contributed by atoms with E-state index in [-0.39, 0.29) is 12.0 Å². The Morgan fingerprint density at radius 3 is 2.77 bits per heavy atom. The van der Waals surface area contributed by atoms with Crippen LogP contribution in [0.25, 0.3) is 0 Å². The summed E-state index contributed by atoms with van der Waals surface area (Å²) < 4.78 is 5.56. The molecule has 1 unspecified atom stereocenters. The predicted molar refractivity (Wildman–Crippen MR) is 123 cm³/mol. The third-order valence-corrected chi connectivity index (χ3v) is 5.81. The first-order valence-electron chi connectivity index (χ1n) is 10.4. The fourth-order valence-corrected chi connectivity index (χ4v) is 3.99. The first kappa shape index (κ1) is 22.2. The van der Waals surface area contributed by atoms with Gasteiger partial charge in [0.2, 0.25) is 0 Å². The number of benzene rings is 2. The van der Waals surface area contributed by atoms with Gasteiger partial charge in [0, 0.05) is 49.5 Å². The minimum absolute atomic E-state index is 0.0622. The molecule has 2 aromatic carbocycles. The Hall–Kier alpha value is -2.51. The molecule has 1 fully saturated rings. The van der Waals surface area contributed by atoms with E-state index in [4.69, 9.17) is 4.74 Å². The van der Waals surface area contributed by atoms with Gasteiger partial charge in [-0.2, -0.15) is 0 Å². The second-order valence-electron chi connectivity index (χ2n) is 7.06. The average Bonchev–Trinajstić information content (AvgIpc) is 3.31. The van der Waals surface area contributed by atoms with Gasteiger partial charge in [0.05, 0.1) is 6.10 Å². The number of hydrogen-bond donors (Lipinski definition) is 3. The number of amides is 1. The molecule has 0 aliphatic carbocycles. The van der Waals surface area contributed by atoms with Gasteiger partial charge in [0.1, 0.15) is 0 Å². The molecule has 1 aliphatic heterocycles. The summed E-state index contributed by atoms with van der Waals surface area (Å²) in [5.41, 5.74) is 1.69. The summed E-state index contributed by atoms with van der Waals surface area (Å²) in [5, 5.41) is 9.60. The number of nitrogens with one attached hydrogen (secondary N) is 3. The van der Waals surface area contributed by atoms with E-state index in [2.05, 4.69) is 33.1 Å². The minimum atomic E-state index is -0.0622. The molecule has 0 aromatic heterocycles. The molecular formula is C23H30N4O2S. The Kier molecular flexibility index (Phi) is 9.05. The van der Waals surface area contributed by atoms with Crippen LogP contribution in [0.4, 0.5) is 0 Å². The topological polar surface area (TPSA) is 74.8 Å². The number of carbonyl (C=O) groups excluding carboxylic acids is 1. The molecule has 3 rings (SSSR count). The molecule has 160 valence electrons. The third kappa shape index (κ3) is 7.39. The van der Waals surface area contributed by atoms with Gasteiger partial charge in [-0.1, -0.05) is 30.3 Å². The highest BCUT2D eigenvalue weighted by atomic mass is 32.2. The second kappa shape index (κ2) is 12.2. The number of guanidine groups is 1. The molecule has 1 heterocycles. The predicted octanol–water partition coefficient (Wildman–Crippen LogP) is 3.05. The Balaban J connectivity index is 1.40. The van der Waals surface area contributed by atoms with Crippen LogP contribution in [0.5, 0.6) is 0 Å². The molecule has 1 atom stereocenters. The maximum absolute atomic E-state index is 12.4. The zero-order chi connectivity index (χ0) is 21.0. The highest BCUT2D eigenvalue weighted by molar-refractivity contribution is 7.99. The number of aliphatic imine (C=N–C) groups is 1. The Bertz CT molecular complexity index is 823. The zero-order valence-corrected chi connectivity index (χ0v) is 18.2. The Morgan fingerprint density at radius 1 is 1.13 bits per heavy atom. The summed E-state index contributed by atoms with van der Waals surface area (Å²) in [5.74, 6) is 1.63. The first-order chi connectivity index (χ1) is 14.7. The van der Waals surface area contributed by atoms with Gasteiger partial charge < -0.3 is 20.7 Å². The quantitative estimate of drug-likeness (QED) is 0.249. The fourth-order valence-electron chi connectivity index (χ4n) is 3.20. The van der Waals surface area contributed by atoms with Gasteiger partial charge in [0.15, 0.2) is 5.96 Å². The molecule has 0 radical (unpaired) electrons. The van der Waals surface area contributed by atoms with E-state index in [0.717, 1.165) is 43.3 Å². The van der Waals surface area contributed by atoms with Crippen molar-refractivity contribution in [2.24, 2.45) is 4.99 Å². The van der Waals surface area contributed by atoms with Gasteiger partial charge in [-0.25, -0.2) is 0 Å². The zero-order valence-electron chi connectivity index (χ0n) is 17.4. The number of thioether (sulfide) groups is 1. The van der Waals surface area contributed by atoms with E-state index in [0.29, 0.717) is 18.7 Å². The number of rotatable bonds is 9.